The number of H-pyrrole nitrogens is 1. The van der Waals surface area contributed by atoms with Crippen molar-refractivity contribution in [3.8, 4) is 17.0 Å². The highest BCUT2D eigenvalue weighted by atomic mass is 19.3. The molecule has 0 aliphatic heterocycles. The molecule has 0 radical (unpaired) electrons. The summed E-state index contributed by atoms with van der Waals surface area (Å²) in [6.07, 6.45) is 0. The van der Waals surface area contributed by atoms with Gasteiger partial charge in [0.15, 0.2) is 11.6 Å². The number of hydrogen-bond acceptors (Lipinski definition) is 3. The van der Waals surface area contributed by atoms with E-state index in [4.69, 9.17) is 9.84 Å². The third-order valence-electron chi connectivity index (χ3n) is 2.84. The number of methoxy groups -OCH3 is 1. The Morgan fingerprint density at radius 2 is 2.05 bits per heavy atom. The summed E-state index contributed by atoms with van der Waals surface area (Å²) >= 11 is 0. The standard InChI is InChI=1S/C13H11F3N2O3/c1-13(15,16)6-3-7(11(21-2)8(14)4-6)9-5-10(12(19)20)18-17-9/h3-5H,1-2H3,(H,17,18)(H,19,20). The van der Waals surface area contributed by atoms with Crippen LogP contribution in [0.15, 0.2) is 18.2 Å². The molecule has 0 amide bonds. The monoisotopic (exact) mass is 300 g/mol. The number of carbonyl (C=O) groups is 1. The van der Waals surface area contributed by atoms with E-state index in [1.54, 1.807) is 0 Å². The van der Waals surface area contributed by atoms with Crippen LogP contribution < -0.4 is 4.74 Å². The number of benzene rings is 1. The fourth-order valence-electron chi connectivity index (χ4n) is 1.81. The Hall–Kier alpha value is -2.51. The molecule has 2 aromatic rings. The highest BCUT2D eigenvalue weighted by Crippen LogP contribution is 2.37. The highest BCUT2D eigenvalue weighted by molar-refractivity contribution is 5.87. The minimum atomic E-state index is -3.26. The number of nitrogens with zero attached hydrogens (tertiary/aromatic N) is 1. The van der Waals surface area contributed by atoms with Crippen molar-refractivity contribution in [1.29, 1.82) is 0 Å². The van der Waals surface area contributed by atoms with Crippen molar-refractivity contribution in [1.82, 2.24) is 10.2 Å². The molecule has 0 aliphatic carbocycles. The summed E-state index contributed by atoms with van der Waals surface area (Å²) in [6, 6.07) is 2.80. The van der Waals surface area contributed by atoms with Crippen LogP contribution in [0.1, 0.15) is 23.0 Å². The molecule has 5 nitrogen and oxygen atoms in total. The van der Waals surface area contributed by atoms with Crippen LogP contribution in [-0.4, -0.2) is 28.4 Å². The van der Waals surface area contributed by atoms with Crippen molar-refractivity contribution < 1.29 is 27.8 Å². The third-order valence-corrected chi connectivity index (χ3v) is 2.84. The molecule has 112 valence electrons. The largest absolute Gasteiger partial charge is 0.493 e. The van der Waals surface area contributed by atoms with Crippen molar-refractivity contribution in [3.63, 3.8) is 0 Å². The normalized spacial score (nSPS) is 11.5. The second-order valence-electron chi connectivity index (χ2n) is 4.40. The van der Waals surface area contributed by atoms with Gasteiger partial charge in [-0.15, -0.1) is 0 Å². The molecule has 8 heteroatoms. The molecule has 2 N–H and O–H groups in total. The zero-order chi connectivity index (χ0) is 15.8. The van der Waals surface area contributed by atoms with E-state index in [0.717, 1.165) is 12.1 Å². The molecular formula is C13H11F3N2O3. The minimum absolute atomic E-state index is 0.00532. The Labute approximate surface area is 117 Å². The molecule has 1 aromatic carbocycles. The zero-order valence-electron chi connectivity index (χ0n) is 11.1. The van der Waals surface area contributed by atoms with Gasteiger partial charge < -0.3 is 9.84 Å². The molecular weight excluding hydrogens is 289 g/mol. The molecule has 0 fully saturated rings. The molecule has 0 spiro atoms. The lowest BCUT2D eigenvalue weighted by Crippen LogP contribution is -2.08. The topological polar surface area (TPSA) is 75.2 Å². The average Bonchev–Trinajstić information content (AvgIpc) is 2.86. The third kappa shape index (κ3) is 2.83. The maximum atomic E-state index is 13.9. The molecule has 0 saturated heterocycles. The Morgan fingerprint density at radius 3 is 2.52 bits per heavy atom. The number of rotatable bonds is 4. The predicted molar refractivity (Wildman–Crippen MR) is 67.1 cm³/mol. The van der Waals surface area contributed by atoms with Crippen molar-refractivity contribution in [2.75, 3.05) is 7.11 Å². The first kappa shape index (κ1) is 14.9. The second-order valence-corrected chi connectivity index (χ2v) is 4.40. The number of halogens is 3. The van der Waals surface area contributed by atoms with E-state index in [2.05, 4.69) is 10.2 Å². The number of hydrogen-bond donors (Lipinski definition) is 2. The maximum Gasteiger partial charge on any atom is 0.353 e. The molecule has 0 aliphatic rings. The van der Waals surface area contributed by atoms with Crippen LogP contribution in [0.3, 0.4) is 0 Å². The molecule has 0 bridgehead atoms. The first-order valence-corrected chi connectivity index (χ1v) is 5.79. The fraction of sp³-hybridized carbons (Fsp3) is 0.231. The molecule has 0 atom stereocenters. The number of aromatic amines is 1. The van der Waals surface area contributed by atoms with Crippen LogP contribution in [0.25, 0.3) is 11.3 Å². The van der Waals surface area contributed by atoms with Gasteiger partial charge in [0.1, 0.15) is 5.69 Å². The van der Waals surface area contributed by atoms with Gasteiger partial charge in [-0.1, -0.05) is 0 Å². The number of aromatic nitrogens is 2. The minimum Gasteiger partial charge on any atom is -0.493 e. The number of carboxylic acid groups (broad SMARTS) is 1. The summed E-state index contributed by atoms with van der Waals surface area (Å²) in [5, 5.41) is 14.7. The average molecular weight is 300 g/mol. The van der Waals surface area contributed by atoms with E-state index in [9.17, 15) is 18.0 Å². The summed E-state index contributed by atoms with van der Waals surface area (Å²) in [7, 11) is 1.18. The molecule has 0 saturated carbocycles. The van der Waals surface area contributed by atoms with E-state index in [1.807, 2.05) is 0 Å². The van der Waals surface area contributed by atoms with E-state index >= 15 is 0 Å². The molecule has 21 heavy (non-hydrogen) atoms. The Kier molecular flexibility index (Phi) is 3.63. The first-order chi connectivity index (χ1) is 9.74. The van der Waals surface area contributed by atoms with Crippen LogP contribution in [0.2, 0.25) is 0 Å². The van der Waals surface area contributed by atoms with Crippen LogP contribution in [0, 0.1) is 5.82 Å². The summed E-state index contributed by atoms with van der Waals surface area (Å²) in [5.74, 6) is -5.80. The van der Waals surface area contributed by atoms with Crippen LogP contribution in [0.5, 0.6) is 5.75 Å². The van der Waals surface area contributed by atoms with Crippen LogP contribution in [0.4, 0.5) is 13.2 Å². The van der Waals surface area contributed by atoms with Gasteiger partial charge in [0, 0.05) is 18.1 Å². The zero-order valence-corrected chi connectivity index (χ0v) is 11.1. The molecule has 1 heterocycles. The highest BCUT2D eigenvalue weighted by Gasteiger charge is 2.28. The summed E-state index contributed by atoms with van der Waals surface area (Å²) in [5.41, 5.74) is -0.871. The van der Waals surface area contributed by atoms with Gasteiger partial charge in [-0.2, -0.15) is 5.10 Å². The number of nitrogens with one attached hydrogen (secondary N) is 1. The van der Waals surface area contributed by atoms with Crippen molar-refractivity contribution in [3.05, 3.63) is 35.3 Å². The molecule has 1 aromatic heterocycles. The second kappa shape index (κ2) is 5.12. The number of ether oxygens (including phenoxy) is 1. The van der Waals surface area contributed by atoms with Gasteiger partial charge in [0.05, 0.1) is 12.8 Å². The van der Waals surface area contributed by atoms with Gasteiger partial charge in [-0.05, 0) is 18.2 Å². The Bertz CT molecular complexity index is 692. The van der Waals surface area contributed by atoms with Gasteiger partial charge in [-0.3, -0.25) is 5.10 Å². The quantitative estimate of drug-likeness (QED) is 0.910. The smallest absolute Gasteiger partial charge is 0.353 e. The van der Waals surface area contributed by atoms with E-state index < -0.39 is 23.3 Å². The lowest BCUT2D eigenvalue weighted by Gasteiger charge is -2.14. The van der Waals surface area contributed by atoms with Crippen molar-refractivity contribution >= 4 is 5.97 Å². The lowest BCUT2D eigenvalue weighted by molar-refractivity contribution is 0.0171. The van der Waals surface area contributed by atoms with Crippen LogP contribution in [-0.2, 0) is 5.92 Å². The van der Waals surface area contributed by atoms with Gasteiger partial charge in [0.25, 0.3) is 5.92 Å². The van der Waals surface area contributed by atoms with Crippen molar-refractivity contribution in [2.24, 2.45) is 0 Å². The van der Waals surface area contributed by atoms with Gasteiger partial charge >= 0.3 is 5.97 Å². The SMILES string of the molecule is COc1c(F)cc(C(C)(F)F)cc1-c1cc(C(=O)O)[nH]n1. The van der Waals surface area contributed by atoms with E-state index in [1.165, 1.54) is 7.11 Å². The summed E-state index contributed by atoms with van der Waals surface area (Å²) < 4.78 is 45.5. The molecule has 2 rings (SSSR count). The molecule has 0 unspecified atom stereocenters. The maximum absolute atomic E-state index is 13.9. The van der Waals surface area contributed by atoms with Gasteiger partial charge in [-0.25, -0.2) is 18.0 Å². The predicted octanol–water partition coefficient (Wildman–Crippen LogP) is 3.03. The number of carboxylic acids is 1. The fourth-order valence-corrected chi connectivity index (χ4v) is 1.81. The number of aromatic carboxylic acids is 1. The Balaban J connectivity index is 2.64. The first-order valence-electron chi connectivity index (χ1n) is 5.79. The summed E-state index contributed by atoms with van der Waals surface area (Å²) in [6.45, 7) is 0.630. The summed E-state index contributed by atoms with van der Waals surface area (Å²) in [4.78, 5) is 10.8. The van der Waals surface area contributed by atoms with E-state index in [0.29, 0.717) is 13.0 Å². The number of alkyl halides is 2. The van der Waals surface area contributed by atoms with E-state index in [-0.39, 0.29) is 22.7 Å². The van der Waals surface area contributed by atoms with Crippen molar-refractivity contribution in [2.45, 2.75) is 12.8 Å². The Morgan fingerprint density at radius 1 is 1.38 bits per heavy atom. The lowest BCUT2D eigenvalue weighted by atomic mass is 10.0. The van der Waals surface area contributed by atoms with Gasteiger partial charge in [0.2, 0.25) is 0 Å². The van der Waals surface area contributed by atoms with Crippen LogP contribution >= 0.6 is 0 Å².